The molecule has 1 aliphatic carbocycles. The second kappa shape index (κ2) is 8.10. The van der Waals surface area contributed by atoms with E-state index >= 15 is 0 Å². The number of amides is 1. The van der Waals surface area contributed by atoms with E-state index in [9.17, 15) is 4.79 Å². The van der Waals surface area contributed by atoms with Crippen LogP contribution in [0, 0.1) is 5.92 Å². The third-order valence-corrected chi connectivity index (χ3v) is 4.91. The maximum absolute atomic E-state index is 12.7. The van der Waals surface area contributed by atoms with E-state index in [-0.39, 0.29) is 11.9 Å². The first-order chi connectivity index (χ1) is 12.1. The molecule has 5 heteroatoms. The summed E-state index contributed by atoms with van der Waals surface area (Å²) in [5.74, 6) is 1.06. The Morgan fingerprint density at radius 3 is 2.36 bits per heavy atom. The molecule has 25 heavy (non-hydrogen) atoms. The second-order valence-electron chi connectivity index (χ2n) is 6.93. The van der Waals surface area contributed by atoms with Gasteiger partial charge in [0.2, 0.25) is 0 Å². The minimum Gasteiger partial charge on any atom is -0.361 e. The normalized spacial score (nSPS) is 16.2. The zero-order valence-electron chi connectivity index (χ0n) is 15.0. The van der Waals surface area contributed by atoms with Gasteiger partial charge in [0.1, 0.15) is 0 Å². The molecule has 0 saturated heterocycles. The Bertz CT molecular complexity index is 679. The fourth-order valence-electron chi connectivity index (χ4n) is 3.50. The number of benzene rings is 1. The van der Waals surface area contributed by atoms with Gasteiger partial charge < -0.3 is 10.2 Å². The van der Waals surface area contributed by atoms with Crippen LogP contribution in [0.15, 0.2) is 42.5 Å². The minimum absolute atomic E-state index is 0.0318. The fourth-order valence-corrected chi connectivity index (χ4v) is 3.50. The highest BCUT2D eigenvalue weighted by Gasteiger charge is 2.27. The highest BCUT2D eigenvalue weighted by atomic mass is 16.2. The van der Waals surface area contributed by atoms with E-state index < -0.39 is 0 Å². The zero-order valence-corrected chi connectivity index (χ0v) is 15.0. The first-order valence-electron chi connectivity index (χ1n) is 9.02. The van der Waals surface area contributed by atoms with Crippen molar-refractivity contribution in [2.75, 3.05) is 19.0 Å². The number of nitrogens with one attached hydrogen (secondary N) is 1. The topological polar surface area (TPSA) is 58.1 Å². The lowest BCUT2D eigenvalue weighted by Crippen LogP contribution is -2.35. The van der Waals surface area contributed by atoms with Gasteiger partial charge in [-0.2, -0.15) is 0 Å². The summed E-state index contributed by atoms with van der Waals surface area (Å²) >= 11 is 0. The monoisotopic (exact) mass is 338 g/mol. The molecule has 1 unspecified atom stereocenters. The van der Waals surface area contributed by atoms with Crippen LogP contribution in [0.2, 0.25) is 0 Å². The van der Waals surface area contributed by atoms with Crippen molar-refractivity contribution in [2.24, 2.45) is 5.92 Å². The van der Waals surface area contributed by atoms with Crippen molar-refractivity contribution in [3.63, 3.8) is 0 Å². The van der Waals surface area contributed by atoms with Crippen LogP contribution in [0.1, 0.15) is 54.2 Å². The number of hydrogen-bond acceptors (Lipinski definition) is 4. The lowest BCUT2D eigenvalue weighted by molar-refractivity contribution is 0.0906. The molecule has 1 fully saturated rings. The maximum Gasteiger partial charge on any atom is 0.272 e. The van der Waals surface area contributed by atoms with E-state index in [0.717, 1.165) is 18.7 Å². The van der Waals surface area contributed by atoms with E-state index in [0.29, 0.717) is 11.6 Å². The van der Waals surface area contributed by atoms with E-state index in [1.807, 2.05) is 43.3 Å². The Hall–Kier alpha value is -2.43. The third kappa shape index (κ3) is 4.35. The van der Waals surface area contributed by atoms with E-state index in [2.05, 4.69) is 27.6 Å². The van der Waals surface area contributed by atoms with Gasteiger partial charge in [0.05, 0.1) is 6.04 Å². The van der Waals surface area contributed by atoms with Gasteiger partial charge in [0.15, 0.2) is 11.5 Å². The summed E-state index contributed by atoms with van der Waals surface area (Å²) < 4.78 is 0. The predicted octanol–water partition coefficient (Wildman–Crippen LogP) is 3.59. The van der Waals surface area contributed by atoms with Crippen LogP contribution in [-0.2, 0) is 0 Å². The van der Waals surface area contributed by atoms with Crippen molar-refractivity contribution in [3.8, 4) is 0 Å². The molecule has 1 amide bonds. The fraction of sp³-hybridized carbons (Fsp3) is 0.450. The Kier molecular flexibility index (Phi) is 5.64. The molecule has 1 saturated carbocycles. The van der Waals surface area contributed by atoms with Gasteiger partial charge in [-0.3, -0.25) is 4.79 Å². The highest BCUT2D eigenvalue weighted by molar-refractivity contribution is 5.92. The van der Waals surface area contributed by atoms with Gasteiger partial charge in [0, 0.05) is 14.1 Å². The lowest BCUT2D eigenvalue weighted by Gasteiger charge is -2.31. The van der Waals surface area contributed by atoms with Crippen LogP contribution in [0.5, 0.6) is 0 Å². The van der Waals surface area contributed by atoms with Gasteiger partial charge in [0.25, 0.3) is 5.91 Å². The van der Waals surface area contributed by atoms with Crippen LogP contribution >= 0.6 is 0 Å². The molecule has 1 aromatic carbocycles. The van der Waals surface area contributed by atoms with E-state index in [1.54, 1.807) is 6.07 Å². The van der Waals surface area contributed by atoms with Gasteiger partial charge in [-0.1, -0.05) is 49.6 Å². The van der Waals surface area contributed by atoms with E-state index in [4.69, 9.17) is 0 Å². The zero-order chi connectivity index (χ0) is 17.6. The van der Waals surface area contributed by atoms with Crippen molar-refractivity contribution in [1.82, 2.24) is 15.5 Å². The third-order valence-electron chi connectivity index (χ3n) is 4.91. The highest BCUT2D eigenvalue weighted by Crippen LogP contribution is 2.34. The smallest absolute Gasteiger partial charge is 0.272 e. The molecule has 1 aliphatic rings. The Morgan fingerprint density at radius 1 is 1.04 bits per heavy atom. The average molecular weight is 338 g/mol. The standard InChI is InChI=1S/C20H26N4O/c1-24(2)18-14-13-17(22-23-18)20(25)21-19(15-9-5-3-6-10-15)16-11-7-4-8-12-16/h3,5-6,9-10,13-14,16,19H,4,7-8,11-12H2,1-2H3,(H,21,25). The molecular formula is C20H26N4O. The molecule has 5 nitrogen and oxygen atoms in total. The summed E-state index contributed by atoms with van der Waals surface area (Å²) in [6.07, 6.45) is 6.09. The molecule has 3 rings (SSSR count). The molecule has 0 bridgehead atoms. The summed E-state index contributed by atoms with van der Waals surface area (Å²) in [5.41, 5.74) is 1.53. The number of carbonyl (C=O) groups excluding carboxylic acids is 1. The summed E-state index contributed by atoms with van der Waals surface area (Å²) in [6.45, 7) is 0. The molecule has 1 atom stereocenters. The van der Waals surface area contributed by atoms with Crippen molar-refractivity contribution in [1.29, 1.82) is 0 Å². The van der Waals surface area contributed by atoms with E-state index in [1.165, 1.54) is 24.8 Å². The van der Waals surface area contributed by atoms with Crippen molar-refractivity contribution in [2.45, 2.75) is 38.1 Å². The Balaban J connectivity index is 1.78. The van der Waals surface area contributed by atoms with Gasteiger partial charge in [-0.15, -0.1) is 10.2 Å². The van der Waals surface area contributed by atoms with Crippen molar-refractivity contribution >= 4 is 11.7 Å². The number of carbonyl (C=O) groups is 1. The lowest BCUT2D eigenvalue weighted by atomic mass is 9.81. The van der Waals surface area contributed by atoms with Crippen molar-refractivity contribution in [3.05, 3.63) is 53.7 Å². The SMILES string of the molecule is CN(C)c1ccc(C(=O)NC(c2ccccc2)C2CCCCC2)nn1. The van der Waals surface area contributed by atoms with Crippen LogP contribution < -0.4 is 10.2 Å². The average Bonchev–Trinajstić information content (AvgIpc) is 2.67. The first-order valence-corrected chi connectivity index (χ1v) is 9.02. The van der Waals surface area contributed by atoms with Gasteiger partial charge in [-0.25, -0.2) is 0 Å². The summed E-state index contributed by atoms with van der Waals surface area (Å²) in [6, 6.07) is 13.9. The quantitative estimate of drug-likeness (QED) is 0.905. The summed E-state index contributed by atoms with van der Waals surface area (Å²) in [5, 5.41) is 11.4. The van der Waals surface area contributed by atoms with Gasteiger partial charge >= 0.3 is 0 Å². The molecule has 1 N–H and O–H groups in total. The van der Waals surface area contributed by atoms with Crippen LogP contribution in [-0.4, -0.2) is 30.2 Å². The minimum atomic E-state index is -0.155. The summed E-state index contributed by atoms with van der Waals surface area (Å²) in [4.78, 5) is 14.6. The molecule has 0 aliphatic heterocycles. The van der Waals surface area contributed by atoms with Crippen molar-refractivity contribution < 1.29 is 4.79 Å². The van der Waals surface area contributed by atoms with Crippen LogP contribution in [0.3, 0.4) is 0 Å². The first kappa shape index (κ1) is 17.4. The summed E-state index contributed by atoms with van der Waals surface area (Å²) in [7, 11) is 3.80. The molecule has 0 spiro atoms. The maximum atomic E-state index is 12.7. The molecule has 132 valence electrons. The van der Waals surface area contributed by atoms with Crippen LogP contribution in [0.4, 0.5) is 5.82 Å². The molecule has 1 heterocycles. The van der Waals surface area contributed by atoms with Gasteiger partial charge in [-0.05, 0) is 36.5 Å². The Morgan fingerprint density at radius 2 is 1.76 bits per heavy atom. The predicted molar refractivity (Wildman–Crippen MR) is 99.6 cm³/mol. The molecular weight excluding hydrogens is 312 g/mol. The second-order valence-corrected chi connectivity index (χ2v) is 6.93. The largest absolute Gasteiger partial charge is 0.361 e. The number of aromatic nitrogens is 2. The number of anilines is 1. The molecule has 1 aromatic heterocycles. The molecule has 0 radical (unpaired) electrons. The number of rotatable bonds is 5. The Labute approximate surface area is 149 Å². The van der Waals surface area contributed by atoms with Crippen LogP contribution in [0.25, 0.3) is 0 Å². The number of hydrogen-bond donors (Lipinski definition) is 1. The number of nitrogens with zero attached hydrogens (tertiary/aromatic N) is 3. The molecule has 2 aromatic rings.